The Morgan fingerprint density at radius 1 is 1.35 bits per heavy atom. The number of fused-ring (bicyclic) bond motifs is 1. The minimum atomic E-state index is -1.02. The van der Waals surface area contributed by atoms with Gasteiger partial charge in [0, 0.05) is 25.4 Å². The number of carbonyl (C=O) groups excluding carboxylic acids is 2. The van der Waals surface area contributed by atoms with Crippen molar-refractivity contribution in [2.24, 2.45) is 0 Å². The Bertz CT molecular complexity index is 647. The second-order valence-electron chi connectivity index (χ2n) is 7.38. The molecule has 1 saturated heterocycles. The van der Waals surface area contributed by atoms with Crippen LogP contribution in [0.2, 0.25) is 0 Å². The van der Waals surface area contributed by atoms with Crippen LogP contribution in [0.25, 0.3) is 0 Å². The van der Waals surface area contributed by atoms with E-state index in [1.165, 1.54) is 0 Å². The average molecular weight is 317 g/mol. The topological polar surface area (TPSA) is 66.8 Å². The zero-order chi connectivity index (χ0) is 16.8. The summed E-state index contributed by atoms with van der Waals surface area (Å²) in [5, 5.41) is 10.2. The van der Waals surface area contributed by atoms with Crippen molar-refractivity contribution in [3.63, 3.8) is 0 Å². The standard InChI is InChI=1S/C18H23NO4/c1-18(2,3)23-17(22)19-8-7-12(10-19)13-6-4-5-11-9-14(20)16(21)15(11)13/h4-6,12,16,21H,7-10H2,1-3H3. The second kappa shape index (κ2) is 5.64. The minimum Gasteiger partial charge on any atom is -0.444 e. The van der Waals surface area contributed by atoms with Gasteiger partial charge in [0.05, 0.1) is 0 Å². The van der Waals surface area contributed by atoms with Crippen LogP contribution >= 0.6 is 0 Å². The molecule has 1 fully saturated rings. The number of ketones is 1. The number of carbonyl (C=O) groups is 2. The first kappa shape index (κ1) is 16.0. The lowest BCUT2D eigenvalue weighted by atomic mass is 9.91. The molecule has 5 nitrogen and oxygen atoms in total. The first-order chi connectivity index (χ1) is 10.8. The molecule has 0 radical (unpaired) electrons. The largest absolute Gasteiger partial charge is 0.444 e. The normalized spacial score (nSPS) is 24.0. The van der Waals surface area contributed by atoms with Crippen LogP contribution in [0, 0.1) is 0 Å². The van der Waals surface area contributed by atoms with Gasteiger partial charge in [-0.1, -0.05) is 18.2 Å². The summed E-state index contributed by atoms with van der Waals surface area (Å²) in [5.74, 6) is -0.00698. The summed E-state index contributed by atoms with van der Waals surface area (Å²) in [5.41, 5.74) is 2.15. The van der Waals surface area contributed by atoms with Gasteiger partial charge in [0.1, 0.15) is 11.7 Å². The highest BCUT2D eigenvalue weighted by atomic mass is 16.6. The molecule has 0 spiro atoms. The fourth-order valence-electron chi connectivity index (χ4n) is 3.43. The van der Waals surface area contributed by atoms with Crippen molar-refractivity contribution in [3.05, 3.63) is 34.9 Å². The molecule has 2 aliphatic rings. The molecule has 1 N–H and O–H groups in total. The summed E-state index contributed by atoms with van der Waals surface area (Å²) in [6.07, 6.45) is -0.204. The first-order valence-electron chi connectivity index (χ1n) is 8.06. The average Bonchev–Trinajstić information content (AvgIpc) is 3.03. The molecule has 1 aromatic rings. The van der Waals surface area contributed by atoms with Crippen LogP contribution in [0.15, 0.2) is 18.2 Å². The number of aliphatic hydroxyl groups is 1. The number of ether oxygens (including phenoxy) is 1. The molecule has 1 aromatic carbocycles. The van der Waals surface area contributed by atoms with Crippen molar-refractivity contribution >= 4 is 11.9 Å². The molecule has 2 atom stereocenters. The van der Waals surface area contributed by atoms with E-state index in [0.29, 0.717) is 19.5 Å². The van der Waals surface area contributed by atoms with Crippen LogP contribution < -0.4 is 0 Å². The van der Waals surface area contributed by atoms with Gasteiger partial charge in [-0.05, 0) is 43.9 Å². The van der Waals surface area contributed by atoms with Crippen molar-refractivity contribution < 1.29 is 19.4 Å². The first-order valence-corrected chi connectivity index (χ1v) is 8.06. The Morgan fingerprint density at radius 3 is 2.78 bits per heavy atom. The number of likely N-dealkylation sites (tertiary alicyclic amines) is 1. The fourth-order valence-corrected chi connectivity index (χ4v) is 3.43. The molecule has 3 rings (SSSR count). The van der Waals surface area contributed by atoms with Crippen LogP contribution in [-0.2, 0) is 16.0 Å². The van der Waals surface area contributed by atoms with Crippen LogP contribution in [0.5, 0.6) is 0 Å². The summed E-state index contributed by atoms with van der Waals surface area (Å²) in [7, 11) is 0. The number of hydrogen-bond acceptors (Lipinski definition) is 4. The summed E-state index contributed by atoms with van der Waals surface area (Å²) in [6.45, 7) is 6.75. The lowest BCUT2D eigenvalue weighted by molar-refractivity contribution is -0.125. The van der Waals surface area contributed by atoms with Crippen molar-refractivity contribution in [2.75, 3.05) is 13.1 Å². The maximum absolute atomic E-state index is 12.2. The van der Waals surface area contributed by atoms with Gasteiger partial charge in [0.25, 0.3) is 0 Å². The third kappa shape index (κ3) is 3.11. The monoisotopic (exact) mass is 317 g/mol. The summed E-state index contributed by atoms with van der Waals surface area (Å²) in [4.78, 5) is 25.7. The number of benzene rings is 1. The second-order valence-corrected chi connectivity index (χ2v) is 7.38. The quantitative estimate of drug-likeness (QED) is 0.864. The van der Waals surface area contributed by atoms with Crippen molar-refractivity contribution in [3.8, 4) is 0 Å². The Balaban J connectivity index is 1.77. The molecular weight excluding hydrogens is 294 g/mol. The van der Waals surface area contributed by atoms with Gasteiger partial charge in [-0.3, -0.25) is 4.79 Å². The number of amides is 1. The number of Topliss-reactive ketones (excluding diaryl/α,β-unsaturated/α-hetero) is 1. The van der Waals surface area contributed by atoms with E-state index in [9.17, 15) is 14.7 Å². The van der Waals surface area contributed by atoms with Gasteiger partial charge in [0.15, 0.2) is 5.78 Å². The molecule has 1 aliphatic heterocycles. The molecule has 124 valence electrons. The predicted molar refractivity (Wildman–Crippen MR) is 85.3 cm³/mol. The summed E-state index contributed by atoms with van der Waals surface area (Å²) >= 11 is 0. The van der Waals surface area contributed by atoms with Crippen molar-refractivity contribution in [1.82, 2.24) is 4.90 Å². The van der Waals surface area contributed by atoms with E-state index in [0.717, 1.165) is 23.1 Å². The lowest BCUT2D eigenvalue weighted by Crippen LogP contribution is -2.35. The van der Waals surface area contributed by atoms with Crippen LogP contribution in [0.3, 0.4) is 0 Å². The van der Waals surface area contributed by atoms with E-state index in [-0.39, 0.29) is 17.8 Å². The molecule has 1 amide bonds. The molecule has 0 saturated carbocycles. The lowest BCUT2D eigenvalue weighted by Gasteiger charge is -2.24. The Morgan fingerprint density at radius 2 is 2.09 bits per heavy atom. The molecule has 1 heterocycles. The van der Waals surface area contributed by atoms with E-state index in [1.807, 2.05) is 39.0 Å². The van der Waals surface area contributed by atoms with Crippen molar-refractivity contribution in [2.45, 2.75) is 51.2 Å². The molecule has 23 heavy (non-hydrogen) atoms. The Labute approximate surface area is 136 Å². The molecule has 1 aliphatic carbocycles. The maximum atomic E-state index is 12.2. The van der Waals surface area contributed by atoms with Gasteiger partial charge in [0.2, 0.25) is 0 Å². The highest BCUT2D eigenvalue weighted by Gasteiger charge is 2.36. The van der Waals surface area contributed by atoms with Crippen LogP contribution in [0.4, 0.5) is 4.79 Å². The molecular formula is C18H23NO4. The Hall–Kier alpha value is -1.88. The molecule has 0 aromatic heterocycles. The third-order valence-electron chi connectivity index (χ3n) is 4.45. The SMILES string of the molecule is CC(C)(C)OC(=O)N1CCC(c2cccc3c2C(O)C(=O)C3)C1. The van der Waals surface area contributed by atoms with Gasteiger partial charge >= 0.3 is 6.09 Å². The zero-order valence-electron chi connectivity index (χ0n) is 13.8. The van der Waals surface area contributed by atoms with E-state index in [1.54, 1.807) is 4.90 Å². The van der Waals surface area contributed by atoms with Crippen LogP contribution in [-0.4, -0.2) is 40.6 Å². The molecule has 0 bridgehead atoms. The fraction of sp³-hybridized carbons (Fsp3) is 0.556. The molecule has 2 unspecified atom stereocenters. The molecule has 5 heteroatoms. The van der Waals surface area contributed by atoms with Gasteiger partial charge < -0.3 is 14.7 Å². The van der Waals surface area contributed by atoms with Gasteiger partial charge in [-0.25, -0.2) is 4.79 Å². The number of hydrogen-bond donors (Lipinski definition) is 1. The summed E-state index contributed by atoms with van der Waals surface area (Å²) < 4.78 is 5.42. The van der Waals surface area contributed by atoms with Gasteiger partial charge in [-0.2, -0.15) is 0 Å². The Kier molecular flexibility index (Phi) is 3.92. The number of aliphatic hydroxyl groups excluding tert-OH is 1. The van der Waals surface area contributed by atoms with E-state index in [2.05, 4.69) is 0 Å². The summed E-state index contributed by atoms with van der Waals surface area (Å²) in [6, 6.07) is 5.78. The third-order valence-corrected chi connectivity index (χ3v) is 4.45. The van der Waals surface area contributed by atoms with Crippen LogP contribution in [0.1, 0.15) is 55.9 Å². The van der Waals surface area contributed by atoms with Crippen molar-refractivity contribution in [1.29, 1.82) is 0 Å². The number of nitrogens with zero attached hydrogens (tertiary/aromatic N) is 1. The highest BCUT2D eigenvalue weighted by Crippen LogP contribution is 2.38. The van der Waals surface area contributed by atoms with E-state index < -0.39 is 11.7 Å². The number of rotatable bonds is 1. The van der Waals surface area contributed by atoms with E-state index >= 15 is 0 Å². The maximum Gasteiger partial charge on any atom is 0.410 e. The smallest absolute Gasteiger partial charge is 0.410 e. The highest BCUT2D eigenvalue weighted by molar-refractivity contribution is 5.91. The minimum absolute atomic E-state index is 0.137. The predicted octanol–water partition coefficient (Wildman–Crippen LogP) is 2.57. The van der Waals surface area contributed by atoms with E-state index in [4.69, 9.17) is 4.74 Å². The zero-order valence-corrected chi connectivity index (χ0v) is 13.8. The van der Waals surface area contributed by atoms with Gasteiger partial charge in [-0.15, -0.1) is 0 Å².